The molecule has 0 bridgehead atoms. The molecule has 30 heavy (non-hydrogen) atoms. The monoisotopic (exact) mass is 420 g/mol. The zero-order valence-corrected chi connectivity index (χ0v) is 18.2. The van der Waals surface area contributed by atoms with Gasteiger partial charge in [0.1, 0.15) is 0 Å². The van der Waals surface area contributed by atoms with Crippen molar-refractivity contribution in [3.05, 3.63) is 59.8 Å². The molecule has 6 nitrogen and oxygen atoms in total. The van der Waals surface area contributed by atoms with E-state index in [9.17, 15) is 4.79 Å². The van der Waals surface area contributed by atoms with E-state index in [0.717, 1.165) is 33.3 Å². The van der Waals surface area contributed by atoms with Gasteiger partial charge in [-0.25, -0.2) is 0 Å². The van der Waals surface area contributed by atoms with Crippen molar-refractivity contribution in [2.75, 3.05) is 5.32 Å². The van der Waals surface area contributed by atoms with Gasteiger partial charge in [-0.1, -0.05) is 62.0 Å². The van der Waals surface area contributed by atoms with Crippen LogP contribution in [0.4, 0.5) is 5.69 Å². The minimum Gasteiger partial charge on any atom is -0.411 e. The Morgan fingerprint density at radius 2 is 1.90 bits per heavy atom. The van der Waals surface area contributed by atoms with Crippen molar-refractivity contribution in [3.8, 4) is 11.5 Å². The number of anilines is 1. The quantitative estimate of drug-likeness (QED) is 0.387. The van der Waals surface area contributed by atoms with Crippen molar-refractivity contribution < 1.29 is 9.21 Å². The largest absolute Gasteiger partial charge is 0.411 e. The zero-order valence-electron chi connectivity index (χ0n) is 17.4. The lowest BCUT2D eigenvalue weighted by Gasteiger charge is -2.18. The molecule has 0 saturated heterocycles. The van der Waals surface area contributed by atoms with Crippen molar-refractivity contribution >= 4 is 34.3 Å². The number of hydrogen-bond acceptors (Lipinski definition) is 5. The number of H-pyrrole nitrogens is 1. The SMILES string of the molecule is Cc1cccc(C(C)C)c1NC(=O)C(C)Sc1nnc(-c2c[nH]c3ccccc23)o1. The van der Waals surface area contributed by atoms with Crippen LogP contribution in [0.3, 0.4) is 0 Å². The van der Waals surface area contributed by atoms with Crippen molar-refractivity contribution in [1.82, 2.24) is 15.2 Å². The van der Waals surface area contributed by atoms with Crippen molar-refractivity contribution in [2.24, 2.45) is 0 Å². The van der Waals surface area contributed by atoms with E-state index in [-0.39, 0.29) is 11.2 Å². The van der Waals surface area contributed by atoms with Gasteiger partial charge in [-0.15, -0.1) is 10.2 Å². The summed E-state index contributed by atoms with van der Waals surface area (Å²) in [7, 11) is 0. The van der Waals surface area contributed by atoms with Crippen molar-refractivity contribution in [1.29, 1.82) is 0 Å². The summed E-state index contributed by atoms with van der Waals surface area (Å²) in [5, 5.41) is 12.4. The van der Waals surface area contributed by atoms with Crippen LogP contribution < -0.4 is 5.32 Å². The van der Waals surface area contributed by atoms with E-state index in [1.807, 2.05) is 56.4 Å². The predicted molar refractivity (Wildman–Crippen MR) is 121 cm³/mol. The summed E-state index contributed by atoms with van der Waals surface area (Å²) in [6, 6.07) is 14.0. The van der Waals surface area contributed by atoms with Crippen LogP contribution in [-0.2, 0) is 4.79 Å². The summed E-state index contributed by atoms with van der Waals surface area (Å²) in [4.78, 5) is 16.0. The number of aryl methyl sites for hydroxylation is 1. The Morgan fingerprint density at radius 3 is 2.70 bits per heavy atom. The molecule has 0 radical (unpaired) electrons. The van der Waals surface area contributed by atoms with Gasteiger partial charge in [0, 0.05) is 22.8 Å². The molecule has 2 aromatic heterocycles. The molecule has 1 unspecified atom stereocenters. The first-order valence-electron chi connectivity index (χ1n) is 9.91. The molecule has 0 aliphatic carbocycles. The van der Waals surface area contributed by atoms with E-state index in [1.54, 1.807) is 0 Å². The Bertz CT molecular complexity index is 1190. The fraction of sp³-hybridized carbons (Fsp3) is 0.261. The van der Waals surface area contributed by atoms with Gasteiger partial charge < -0.3 is 14.7 Å². The molecule has 2 heterocycles. The first kappa shape index (κ1) is 20.2. The Balaban J connectivity index is 1.49. The highest BCUT2D eigenvalue weighted by Gasteiger charge is 2.21. The fourth-order valence-corrected chi connectivity index (χ4v) is 4.07. The number of nitrogens with one attached hydrogen (secondary N) is 2. The Labute approximate surface area is 179 Å². The molecule has 0 fully saturated rings. The molecule has 4 rings (SSSR count). The maximum Gasteiger partial charge on any atom is 0.277 e. The van der Waals surface area contributed by atoms with Crippen LogP contribution in [0.25, 0.3) is 22.4 Å². The van der Waals surface area contributed by atoms with E-state index >= 15 is 0 Å². The summed E-state index contributed by atoms with van der Waals surface area (Å²) in [5.74, 6) is 0.657. The number of carbonyl (C=O) groups is 1. The number of amides is 1. The fourth-order valence-electron chi connectivity index (χ4n) is 3.39. The zero-order chi connectivity index (χ0) is 21.3. The molecule has 4 aromatic rings. The standard InChI is InChI=1S/C23H24N4O2S/c1-13(2)16-10-7-8-14(3)20(16)25-21(28)15(4)30-23-27-26-22(29-23)18-12-24-19-11-6-5-9-17(18)19/h5-13,15,24H,1-4H3,(H,25,28). The number of nitrogens with zero attached hydrogens (tertiary/aromatic N) is 2. The Morgan fingerprint density at radius 1 is 1.10 bits per heavy atom. The van der Waals surface area contributed by atoms with Crippen LogP contribution in [0, 0.1) is 6.92 Å². The molecule has 7 heteroatoms. The van der Waals surface area contributed by atoms with Crippen molar-refractivity contribution in [3.63, 3.8) is 0 Å². The predicted octanol–water partition coefficient (Wildman–Crippen LogP) is 5.77. The number of fused-ring (bicyclic) bond motifs is 1. The number of para-hydroxylation sites is 2. The van der Waals surface area contributed by atoms with Crippen LogP contribution in [0.1, 0.15) is 37.8 Å². The van der Waals surface area contributed by atoms with Gasteiger partial charge in [0.05, 0.1) is 10.8 Å². The summed E-state index contributed by atoms with van der Waals surface area (Å²) in [6.07, 6.45) is 1.86. The lowest BCUT2D eigenvalue weighted by atomic mass is 9.98. The van der Waals surface area contributed by atoms with Crippen molar-refractivity contribution in [2.45, 2.75) is 44.1 Å². The minimum atomic E-state index is -0.388. The van der Waals surface area contributed by atoms with E-state index in [0.29, 0.717) is 17.0 Å². The average molecular weight is 421 g/mol. The number of hydrogen-bond donors (Lipinski definition) is 2. The van der Waals surface area contributed by atoms with E-state index in [1.165, 1.54) is 11.8 Å². The minimum absolute atomic E-state index is 0.0944. The number of rotatable bonds is 6. The highest BCUT2D eigenvalue weighted by atomic mass is 32.2. The second kappa shape index (κ2) is 8.36. The molecule has 0 saturated carbocycles. The second-order valence-corrected chi connectivity index (χ2v) is 8.86. The summed E-state index contributed by atoms with van der Waals surface area (Å²) < 4.78 is 5.83. The molecule has 1 atom stereocenters. The molecule has 0 spiro atoms. The molecular formula is C23H24N4O2S. The molecule has 2 aromatic carbocycles. The summed E-state index contributed by atoms with van der Waals surface area (Å²) in [5.41, 5.74) is 4.91. The number of aromatic nitrogens is 3. The first-order valence-corrected chi connectivity index (χ1v) is 10.8. The highest BCUT2D eigenvalue weighted by Crippen LogP contribution is 2.32. The van der Waals surface area contributed by atoms with Gasteiger partial charge in [-0.05, 0) is 37.0 Å². The average Bonchev–Trinajstić information content (AvgIpc) is 3.35. The van der Waals surface area contributed by atoms with Gasteiger partial charge in [-0.2, -0.15) is 0 Å². The van der Waals surface area contributed by atoms with Gasteiger partial charge >= 0.3 is 0 Å². The van der Waals surface area contributed by atoms with Crippen LogP contribution in [-0.4, -0.2) is 26.3 Å². The normalized spacial score (nSPS) is 12.4. The number of aromatic amines is 1. The van der Waals surface area contributed by atoms with Crippen LogP contribution >= 0.6 is 11.8 Å². The maximum absolute atomic E-state index is 12.8. The summed E-state index contributed by atoms with van der Waals surface area (Å²) >= 11 is 1.25. The lowest BCUT2D eigenvalue weighted by molar-refractivity contribution is -0.115. The second-order valence-electron chi connectivity index (χ2n) is 7.56. The van der Waals surface area contributed by atoms with E-state index in [4.69, 9.17) is 4.42 Å². The van der Waals surface area contributed by atoms with Crippen LogP contribution in [0.5, 0.6) is 0 Å². The molecule has 1 amide bonds. The third kappa shape index (κ3) is 3.98. The third-order valence-corrected chi connectivity index (χ3v) is 5.98. The van der Waals surface area contributed by atoms with Crippen LogP contribution in [0.15, 0.2) is 58.3 Å². The topological polar surface area (TPSA) is 83.8 Å². The molecular weight excluding hydrogens is 396 g/mol. The van der Waals surface area contributed by atoms with Gasteiger partial charge in [0.2, 0.25) is 5.91 Å². The van der Waals surface area contributed by atoms with Gasteiger partial charge in [0.15, 0.2) is 0 Å². The van der Waals surface area contributed by atoms with E-state index < -0.39 is 0 Å². The third-order valence-electron chi connectivity index (χ3n) is 5.05. The van der Waals surface area contributed by atoms with E-state index in [2.05, 4.69) is 40.4 Å². The molecule has 0 aliphatic rings. The molecule has 2 N–H and O–H groups in total. The lowest BCUT2D eigenvalue weighted by Crippen LogP contribution is -2.23. The highest BCUT2D eigenvalue weighted by molar-refractivity contribution is 8.00. The number of carbonyl (C=O) groups excluding carboxylic acids is 1. The maximum atomic E-state index is 12.8. The number of benzene rings is 2. The smallest absolute Gasteiger partial charge is 0.277 e. The van der Waals surface area contributed by atoms with Gasteiger partial charge in [0.25, 0.3) is 11.1 Å². The van der Waals surface area contributed by atoms with Gasteiger partial charge in [-0.3, -0.25) is 4.79 Å². The first-order chi connectivity index (χ1) is 14.4. The Hall–Kier alpha value is -3.06. The molecule has 154 valence electrons. The number of thioether (sulfide) groups is 1. The van der Waals surface area contributed by atoms with Crippen LogP contribution in [0.2, 0.25) is 0 Å². The molecule has 0 aliphatic heterocycles. The summed E-state index contributed by atoms with van der Waals surface area (Å²) in [6.45, 7) is 8.08. The Kier molecular flexibility index (Phi) is 5.63.